The monoisotopic (exact) mass is 776 g/mol. The third kappa shape index (κ3) is 13.9. The van der Waals surface area contributed by atoms with Crippen LogP contribution in [0, 0.1) is 5.92 Å². The van der Waals surface area contributed by atoms with Gasteiger partial charge in [-0.15, -0.1) is 0 Å². The first-order valence-corrected chi connectivity index (χ1v) is 20.9. The van der Waals surface area contributed by atoms with Crippen molar-refractivity contribution in [2.24, 2.45) is 5.92 Å². The summed E-state index contributed by atoms with van der Waals surface area (Å²) in [6, 6.07) is 6.96. The molecule has 5 rings (SSSR count). The summed E-state index contributed by atoms with van der Waals surface area (Å²) in [5, 5.41) is 17.8. The number of rotatable bonds is 14. The lowest BCUT2D eigenvalue weighted by molar-refractivity contribution is -0.141. The zero-order valence-corrected chi connectivity index (χ0v) is 32.9. The fraction of sp³-hybridized carbons (Fsp3) is 0.684. The quantitative estimate of drug-likeness (QED) is 0.177. The highest BCUT2D eigenvalue weighted by Crippen LogP contribution is 2.32. The first-order chi connectivity index (χ1) is 25.6. The Balaban J connectivity index is 0.00000122. The Hall–Kier alpha value is -3.57. The van der Waals surface area contributed by atoms with Gasteiger partial charge in [0.05, 0.1) is 36.4 Å². The van der Waals surface area contributed by atoms with E-state index in [1.807, 2.05) is 44.2 Å². The zero-order chi connectivity index (χ0) is 39.3. The lowest BCUT2D eigenvalue weighted by Crippen LogP contribution is -2.59. The molecule has 1 aromatic carbocycles. The van der Waals surface area contributed by atoms with Gasteiger partial charge in [-0.05, 0) is 51.0 Å². The van der Waals surface area contributed by atoms with Crippen molar-refractivity contribution in [2.75, 3.05) is 33.2 Å². The number of likely N-dealkylation sites (N-methyl/N-ethyl adjacent to an activating group) is 1. The van der Waals surface area contributed by atoms with Gasteiger partial charge in [-0.2, -0.15) is 8.42 Å². The van der Waals surface area contributed by atoms with E-state index in [4.69, 9.17) is 14.0 Å². The number of likely N-dealkylation sites (tertiary alicyclic amines) is 1. The summed E-state index contributed by atoms with van der Waals surface area (Å²) in [6.45, 7) is 5.37. The third-order valence-electron chi connectivity index (χ3n) is 10.6. The van der Waals surface area contributed by atoms with E-state index in [0.29, 0.717) is 43.8 Å². The number of amides is 4. The number of imidazole rings is 1. The highest BCUT2D eigenvalue weighted by molar-refractivity contribution is 7.85. The highest BCUT2D eigenvalue weighted by atomic mass is 32.2. The maximum Gasteiger partial charge on any atom is 0.318 e. The van der Waals surface area contributed by atoms with Crippen LogP contribution in [0.2, 0.25) is 0 Å². The summed E-state index contributed by atoms with van der Waals surface area (Å²) in [6.07, 6.45) is 12.7. The maximum absolute atomic E-state index is 14.4. The number of carbonyl (C=O) groups is 3. The van der Waals surface area contributed by atoms with Crippen molar-refractivity contribution in [3.05, 3.63) is 54.1 Å². The van der Waals surface area contributed by atoms with Gasteiger partial charge in [-0.1, -0.05) is 62.4 Å². The number of piperidine rings is 1. The van der Waals surface area contributed by atoms with Gasteiger partial charge in [0.15, 0.2) is 0 Å². The molecule has 5 atom stereocenters. The predicted octanol–water partition coefficient (Wildman–Crippen LogP) is 3.45. The molecule has 15 nitrogen and oxygen atoms in total. The molecule has 54 heavy (non-hydrogen) atoms. The van der Waals surface area contributed by atoms with Crippen molar-refractivity contribution in [3.8, 4) is 0 Å². The van der Waals surface area contributed by atoms with Crippen molar-refractivity contribution in [3.63, 3.8) is 0 Å². The number of ether oxygens (including phenoxy) is 2. The van der Waals surface area contributed by atoms with E-state index in [0.717, 1.165) is 50.5 Å². The van der Waals surface area contributed by atoms with Crippen molar-refractivity contribution in [2.45, 2.75) is 127 Å². The lowest BCUT2D eigenvalue weighted by atomic mass is 9.82. The number of nitrogens with zero attached hydrogens (tertiary/aromatic N) is 3. The predicted molar refractivity (Wildman–Crippen MR) is 203 cm³/mol. The molecule has 16 heteroatoms. The first kappa shape index (κ1) is 43.2. The van der Waals surface area contributed by atoms with Crippen molar-refractivity contribution in [1.82, 2.24) is 30.4 Å². The summed E-state index contributed by atoms with van der Waals surface area (Å²) in [5.74, 6) is -0.349. The van der Waals surface area contributed by atoms with Crippen LogP contribution >= 0.6 is 0 Å². The smallest absolute Gasteiger partial charge is 0.318 e. The Morgan fingerprint density at radius 2 is 1.67 bits per heavy atom. The van der Waals surface area contributed by atoms with E-state index in [-0.39, 0.29) is 43.6 Å². The molecule has 1 aromatic heterocycles. The molecular formula is C38H60N6O9S. The Morgan fingerprint density at radius 3 is 2.26 bits per heavy atom. The summed E-state index contributed by atoms with van der Waals surface area (Å²) < 4.78 is 37.4. The van der Waals surface area contributed by atoms with Crippen LogP contribution in [0.3, 0.4) is 0 Å². The van der Waals surface area contributed by atoms with Crippen LogP contribution in [0.5, 0.6) is 0 Å². The molecule has 5 N–H and O–H groups in total. The van der Waals surface area contributed by atoms with Gasteiger partial charge in [-0.25, -0.2) is 9.78 Å². The van der Waals surface area contributed by atoms with E-state index < -0.39 is 39.9 Å². The molecule has 2 saturated heterocycles. The fourth-order valence-corrected chi connectivity index (χ4v) is 7.47. The van der Waals surface area contributed by atoms with Gasteiger partial charge in [-0.3, -0.25) is 14.1 Å². The number of hydrogen-bond acceptors (Lipinski definition) is 9. The molecule has 3 heterocycles. The Labute approximate surface area is 319 Å². The average molecular weight is 777 g/mol. The van der Waals surface area contributed by atoms with E-state index in [2.05, 4.69) is 20.6 Å². The molecular weight excluding hydrogens is 717 g/mol. The summed E-state index contributed by atoms with van der Waals surface area (Å²) >= 11 is 0. The molecule has 3 aliphatic rings. The van der Waals surface area contributed by atoms with E-state index in [9.17, 15) is 27.9 Å². The maximum atomic E-state index is 14.4. The molecule has 0 bridgehead atoms. The number of H-pyrrole nitrogens is 1. The molecule has 2 aromatic rings. The average Bonchev–Trinajstić information content (AvgIpc) is 3.78. The first-order valence-electron chi connectivity index (χ1n) is 19.1. The normalized spacial score (nSPS) is 21.1. The highest BCUT2D eigenvalue weighted by Gasteiger charge is 2.41. The number of carbonyl (C=O) groups excluding carboxylic acids is 3. The van der Waals surface area contributed by atoms with Gasteiger partial charge in [0.1, 0.15) is 18.9 Å². The second kappa shape index (κ2) is 20.4. The minimum atomic E-state index is -3.67. The number of aromatic amines is 1. The molecule has 0 radical (unpaired) electrons. The summed E-state index contributed by atoms with van der Waals surface area (Å²) in [5.41, 5.74) is 1.04. The van der Waals surface area contributed by atoms with Gasteiger partial charge >= 0.3 is 6.03 Å². The number of nitrogens with one attached hydrogen (secondary N) is 3. The number of aromatic nitrogens is 2. The lowest BCUT2D eigenvalue weighted by Gasteiger charge is -2.36. The molecule has 302 valence electrons. The number of aliphatic hydroxyl groups is 1. The minimum Gasteiger partial charge on any atom is -0.391 e. The number of benzene rings is 1. The van der Waals surface area contributed by atoms with E-state index in [1.54, 1.807) is 24.5 Å². The topological polar surface area (TPSA) is 203 Å². The standard InChI is InChI=1S/C37H56N6O6.CH4O3S/c1-37(2)33(48-25-49-37)22-32(44)29(19-26-13-7-4-8-14-26)40-34(45)31(21-28-23-38-24-39-28)42(3)35(46)30(20-27-15-9-5-10-16-27)41-36(47)43-17-11-6-12-18-43;1-5(2,3)4/h5,9-10,15-16,23-24,26,29-33,44H,4,6-8,11-14,17-22,25H2,1-3H3,(H,38,39)(H,40,45)(H,41,47);1H3,(H,2,3,4)/t29-,30-,31-,32-,33-;/m0./s1. The number of hydrogen-bond donors (Lipinski definition) is 5. The van der Waals surface area contributed by atoms with Crippen LogP contribution in [0.25, 0.3) is 0 Å². The molecule has 4 amide bonds. The SMILES string of the molecule is CN(C(=O)[C@H](Cc1ccccc1)NC(=O)N1CCCCC1)[C@@H](Cc1cnc[nH]1)C(=O)N[C@@H](CC1CCCCC1)[C@@H](O)C[C@@H]1OCOC1(C)C.CS(=O)(=O)O. The van der Waals surface area contributed by atoms with Crippen LogP contribution < -0.4 is 10.6 Å². The van der Waals surface area contributed by atoms with Gasteiger partial charge < -0.3 is 40.0 Å². The summed E-state index contributed by atoms with van der Waals surface area (Å²) in [4.78, 5) is 52.6. The largest absolute Gasteiger partial charge is 0.391 e. The number of aliphatic hydroxyl groups excluding tert-OH is 1. The van der Waals surface area contributed by atoms with Gasteiger partial charge in [0.2, 0.25) is 11.8 Å². The molecule has 0 unspecified atom stereocenters. The van der Waals surface area contributed by atoms with Crippen LogP contribution in [0.4, 0.5) is 4.79 Å². The molecule has 0 spiro atoms. The number of urea groups is 1. The minimum absolute atomic E-state index is 0.168. The van der Waals surface area contributed by atoms with Crippen LogP contribution in [0.1, 0.15) is 89.3 Å². The Bertz CT molecular complexity index is 1560. The second-order valence-corrected chi connectivity index (χ2v) is 16.9. The Morgan fingerprint density at radius 1 is 1.02 bits per heavy atom. The van der Waals surface area contributed by atoms with Crippen LogP contribution in [0.15, 0.2) is 42.9 Å². The summed E-state index contributed by atoms with van der Waals surface area (Å²) in [7, 11) is -2.05. The van der Waals surface area contributed by atoms with Gasteiger partial charge in [0, 0.05) is 51.3 Å². The van der Waals surface area contributed by atoms with Crippen molar-refractivity contribution < 1.29 is 41.9 Å². The molecule has 1 saturated carbocycles. The molecule has 2 aliphatic heterocycles. The van der Waals surface area contributed by atoms with Crippen molar-refractivity contribution in [1.29, 1.82) is 0 Å². The van der Waals surface area contributed by atoms with Crippen LogP contribution in [-0.2, 0) is 42.0 Å². The van der Waals surface area contributed by atoms with Gasteiger partial charge in [0.25, 0.3) is 10.1 Å². The van der Waals surface area contributed by atoms with E-state index >= 15 is 0 Å². The molecule has 1 aliphatic carbocycles. The Kier molecular flexibility index (Phi) is 16.3. The molecule has 3 fully saturated rings. The van der Waals surface area contributed by atoms with E-state index in [1.165, 1.54) is 11.3 Å². The third-order valence-corrected chi connectivity index (χ3v) is 10.6. The van der Waals surface area contributed by atoms with Crippen molar-refractivity contribution >= 4 is 28.0 Å². The fourth-order valence-electron chi connectivity index (χ4n) is 7.47. The van der Waals surface area contributed by atoms with Crippen LogP contribution in [-0.4, -0.2) is 125 Å². The zero-order valence-electron chi connectivity index (χ0n) is 32.1. The second-order valence-electron chi connectivity index (χ2n) is 15.4.